The first-order chi connectivity index (χ1) is 10.3. The summed E-state index contributed by atoms with van der Waals surface area (Å²) >= 11 is 0. The summed E-state index contributed by atoms with van der Waals surface area (Å²) in [7, 11) is 0. The number of rotatable bonds is 0. The third-order valence-electron chi connectivity index (χ3n) is 6.55. The van der Waals surface area contributed by atoms with E-state index in [-0.39, 0.29) is 22.7 Å². The second-order valence-electron chi connectivity index (χ2n) is 7.87. The van der Waals surface area contributed by atoms with Crippen molar-refractivity contribution in [3.63, 3.8) is 0 Å². The zero-order chi connectivity index (χ0) is 15.7. The van der Waals surface area contributed by atoms with Crippen LogP contribution in [0.15, 0.2) is 46.1 Å². The van der Waals surface area contributed by atoms with Crippen molar-refractivity contribution in [1.82, 2.24) is 0 Å². The highest BCUT2D eigenvalue weighted by atomic mass is 16.3. The Hall–Kier alpha value is -1.41. The van der Waals surface area contributed by atoms with Crippen LogP contribution in [0.5, 0.6) is 0 Å². The molecule has 0 heterocycles. The molecule has 0 radical (unpaired) electrons. The molecular weight excluding hydrogens is 272 g/mol. The van der Waals surface area contributed by atoms with Gasteiger partial charge in [-0.2, -0.15) is 0 Å². The van der Waals surface area contributed by atoms with Gasteiger partial charge >= 0.3 is 0 Å². The number of carbonyl (C=O) groups is 1. The maximum atomic E-state index is 12.0. The van der Waals surface area contributed by atoms with Gasteiger partial charge in [-0.25, -0.2) is 0 Å². The van der Waals surface area contributed by atoms with E-state index in [0.717, 1.165) is 37.7 Å². The molecule has 0 saturated carbocycles. The van der Waals surface area contributed by atoms with Crippen molar-refractivity contribution in [3.8, 4) is 0 Å². The predicted molar refractivity (Wildman–Crippen MR) is 87.3 cm³/mol. The first-order valence-electron chi connectivity index (χ1n) is 8.42. The quantitative estimate of drug-likeness (QED) is 0.733. The lowest BCUT2D eigenvalue weighted by Gasteiger charge is -2.47. The first-order valence-corrected chi connectivity index (χ1v) is 8.42. The van der Waals surface area contributed by atoms with E-state index >= 15 is 0 Å². The van der Waals surface area contributed by atoms with Gasteiger partial charge in [0.15, 0.2) is 5.78 Å². The van der Waals surface area contributed by atoms with Gasteiger partial charge in [0, 0.05) is 5.41 Å². The van der Waals surface area contributed by atoms with E-state index in [1.807, 2.05) is 6.92 Å². The van der Waals surface area contributed by atoms with Gasteiger partial charge < -0.3 is 5.11 Å². The van der Waals surface area contributed by atoms with Gasteiger partial charge in [0.25, 0.3) is 0 Å². The van der Waals surface area contributed by atoms with Gasteiger partial charge in [0.1, 0.15) is 0 Å². The van der Waals surface area contributed by atoms with Crippen molar-refractivity contribution >= 4 is 5.78 Å². The van der Waals surface area contributed by atoms with E-state index in [9.17, 15) is 9.90 Å². The fraction of sp³-hybridized carbons (Fsp3) is 0.550. The van der Waals surface area contributed by atoms with E-state index < -0.39 is 0 Å². The van der Waals surface area contributed by atoms with Gasteiger partial charge in [-0.1, -0.05) is 24.6 Å². The molecule has 2 nitrogen and oxygen atoms in total. The minimum absolute atomic E-state index is 0.0821. The molecule has 22 heavy (non-hydrogen) atoms. The summed E-state index contributed by atoms with van der Waals surface area (Å²) in [6.07, 6.45) is 10.7. The van der Waals surface area contributed by atoms with Crippen LogP contribution in [-0.2, 0) is 4.79 Å². The standard InChI is InChI=1S/C20H24O2/c1-12-15-5-4-14-16(20(15,3)9-7-18(12)22)6-8-19(2)11-13(21)10-17(14)19/h7,9-10,13,21H,4-6,8,11H2,1-3H3/t13-,19-,20+/m1/s1. The van der Waals surface area contributed by atoms with E-state index in [1.54, 1.807) is 6.08 Å². The van der Waals surface area contributed by atoms with Gasteiger partial charge in [-0.05, 0) is 79.7 Å². The molecule has 0 aromatic heterocycles. The molecule has 0 fully saturated rings. The number of aliphatic hydroxyl groups is 1. The summed E-state index contributed by atoms with van der Waals surface area (Å²) in [6, 6.07) is 0. The molecule has 0 aromatic carbocycles. The summed E-state index contributed by atoms with van der Waals surface area (Å²) in [5.41, 5.74) is 6.70. The number of aliphatic hydroxyl groups excluding tert-OH is 1. The molecule has 0 aromatic rings. The summed E-state index contributed by atoms with van der Waals surface area (Å²) in [4.78, 5) is 12.0. The molecule has 3 atom stereocenters. The zero-order valence-corrected chi connectivity index (χ0v) is 13.7. The molecule has 0 amide bonds. The monoisotopic (exact) mass is 296 g/mol. The summed E-state index contributed by atoms with van der Waals surface area (Å²) in [6.45, 7) is 6.56. The van der Waals surface area contributed by atoms with Gasteiger partial charge in [-0.3, -0.25) is 4.79 Å². The molecule has 0 aliphatic heterocycles. The highest BCUT2D eigenvalue weighted by Crippen LogP contribution is 2.60. The Morgan fingerprint density at radius 1 is 1.18 bits per heavy atom. The highest BCUT2D eigenvalue weighted by molar-refractivity contribution is 6.05. The van der Waals surface area contributed by atoms with Crippen LogP contribution in [0.2, 0.25) is 0 Å². The molecule has 4 rings (SSSR count). The topological polar surface area (TPSA) is 37.3 Å². The number of carbonyl (C=O) groups excluding carboxylic acids is 1. The van der Waals surface area contributed by atoms with Crippen LogP contribution in [0.1, 0.15) is 52.9 Å². The molecule has 4 aliphatic rings. The summed E-state index contributed by atoms with van der Waals surface area (Å²) in [5.74, 6) is 0.174. The lowest BCUT2D eigenvalue weighted by Crippen LogP contribution is -2.35. The SMILES string of the molecule is CC1=C2CCC3=C(CC[C@]4(C)C[C@H](O)C=C34)[C@@]2(C)C=CC1=O. The fourth-order valence-corrected chi connectivity index (χ4v) is 5.28. The Morgan fingerprint density at radius 2 is 1.95 bits per heavy atom. The number of ketones is 1. The Kier molecular flexibility index (Phi) is 2.79. The molecule has 0 spiro atoms. The molecule has 1 N–H and O–H groups in total. The predicted octanol–water partition coefficient (Wildman–Crippen LogP) is 4.03. The Bertz CT molecular complexity index is 703. The average molecular weight is 296 g/mol. The van der Waals surface area contributed by atoms with Crippen LogP contribution in [0.3, 0.4) is 0 Å². The summed E-state index contributed by atoms with van der Waals surface area (Å²) < 4.78 is 0. The molecule has 2 heteroatoms. The minimum Gasteiger partial charge on any atom is -0.389 e. The highest BCUT2D eigenvalue weighted by Gasteiger charge is 2.48. The first kappa shape index (κ1) is 14.2. The normalized spacial score (nSPS) is 40.5. The van der Waals surface area contributed by atoms with Crippen molar-refractivity contribution in [1.29, 1.82) is 0 Å². The zero-order valence-electron chi connectivity index (χ0n) is 13.7. The molecular formula is C20H24O2. The van der Waals surface area contributed by atoms with Crippen LogP contribution in [-0.4, -0.2) is 17.0 Å². The van der Waals surface area contributed by atoms with E-state index in [1.165, 1.54) is 22.3 Å². The van der Waals surface area contributed by atoms with Crippen molar-refractivity contribution in [2.45, 2.75) is 59.0 Å². The van der Waals surface area contributed by atoms with E-state index in [4.69, 9.17) is 0 Å². The van der Waals surface area contributed by atoms with E-state index in [2.05, 4.69) is 26.0 Å². The molecule has 0 bridgehead atoms. The largest absolute Gasteiger partial charge is 0.389 e. The third kappa shape index (κ3) is 1.68. The number of fused-ring (bicyclic) bond motifs is 4. The third-order valence-corrected chi connectivity index (χ3v) is 6.55. The molecule has 116 valence electrons. The van der Waals surface area contributed by atoms with E-state index in [0.29, 0.717) is 0 Å². The van der Waals surface area contributed by atoms with Crippen molar-refractivity contribution in [2.75, 3.05) is 0 Å². The Labute approximate surface area is 132 Å². The Balaban J connectivity index is 1.89. The van der Waals surface area contributed by atoms with Crippen LogP contribution < -0.4 is 0 Å². The Morgan fingerprint density at radius 3 is 2.73 bits per heavy atom. The molecule has 0 unspecified atom stereocenters. The second-order valence-corrected chi connectivity index (χ2v) is 7.87. The minimum atomic E-state index is -0.290. The maximum Gasteiger partial charge on any atom is 0.181 e. The van der Waals surface area contributed by atoms with Gasteiger partial charge in [-0.15, -0.1) is 0 Å². The van der Waals surface area contributed by atoms with Crippen molar-refractivity contribution < 1.29 is 9.90 Å². The lowest BCUT2D eigenvalue weighted by atomic mass is 9.57. The molecule has 4 aliphatic carbocycles. The average Bonchev–Trinajstić information content (AvgIpc) is 2.78. The number of allylic oxidation sites excluding steroid dienone is 7. The van der Waals surface area contributed by atoms with Crippen molar-refractivity contribution in [2.24, 2.45) is 10.8 Å². The fourth-order valence-electron chi connectivity index (χ4n) is 5.28. The smallest absolute Gasteiger partial charge is 0.181 e. The van der Waals surface area contributed by atoms with Gasteiger partial charge in [0.2, 0.25) is 0 Å². The molecule has 0 saturated heterocycles. The van der Waals surface area contributed by atoms with Gasteiger partial charge in [0.05, 0.1) is 6.10 Å². The van der Waals surface area contributed by atoms with Crippen LogP contribution in [0.25, 0.3) is 0 Å². The number of hydrogen-bond donors (Lipinski definition) is 1. The maximum absolute atomic E-state index is 12.0. The van der Waals surface area contributed by atoms with Crippen LogP contribution >= 0.6 is 0 Å². The van der Waals surface area contributed by atoms with Crippen LogP contribution in [0, 0.1) is 10.8 Å². The van der Waals surface area contributed by atoms with Crippen LogP contribution in [0.4, 0.5) is 0 Å². The second kappa shape index (κ2) is 4.32. The number of hydrogen-bond acceptors (Lipinski definition) is 2. The summed E-state index contributed by atoms with van der Waals surface area (Å²) in [5, 5.41) is 10.1. The van der Waals surface area contributed by atoms with Crippen molar-refractivity contribution in [3.05, 3.63) is 46.1 Å². The lowest BCUT2D eigenvalue weighted by molar-refractivity contribution is -0.111.